The van der Waals surface area contributed by atoms with Gasteiger partial charge in [0.15, 0.2) is 0 Å². The zero-order valence-electron chi connectivity index (χ0n) is 21.5. The van der Waals surface area contributed by atoms with Crippen LogP contribution in [-0.4, -0.2) is 14.1 Å². The van der Waals surface area contributed by atoms with Crippen molar-refractivity contribution in [2.24, 2.45) is 0 Å². The number of hydrogen-bond donors (Lipinski definition) is 0. The summed E-state index contributed by atoms with van der Waals surface area (Å²) >= 11 is 0. The highest BCUT2D eigenvalue weighted by atomic mass is 15.0. The molecule has 0 N–H and O–H groups in total. The van der Waals surface area contributed by atoms with Crippen LogP contribution in [0.1, 0.15) is 5.56 Å². The highest BCUT2D eigenvalue weighted by Crippen LogP contribution is 2.37. The fraction of sp³-hybridized carbons (Fsp3) is 0. The zero-order valence-corrected chi connectivity index (χ0v) is 21.5. The van der Waals surface area contributed by atoms with Crippen molar-refractivity contribution in [1.82, 2.24) is 14.1 Å². The number of aromatic nitrogens is 3. The van der Waals surface area contributed by atoms with Crippen LogP contribution in [0.5, 0.6) is 0 Å². The van der Waals surface area contributed by atoms with Crippen LogP contribution < -0.4 is 0 Å². The molecule has 3 heterocycles. The molecule has 0 atom stereocenters. The quantitative estimate of drug-likeness (QED) is 0.238. The molecule has 5 aromatic carbocycles. The Bertz CT molecular complexity index is 2060. The van der Waals surface area contributed by atoms with Crippen molar-refractivity contribution in [2.75, 3.05) is 0 Å². The Labute approximate surface area is 230 Å². The first-order chi connectivity index (χ1) is 19.8. The van der Waals surface area contributed by atoms with Crippen LogP contribution in [0, 0.1) is 11.3 Å². The summed E-state index contributed by atoms with van der Waals surface area (Å²) < 4.78 is 4.62. The van der Waals surface area contributed by atoms with Crippen LogP contribution >= 0.6 is 0 Å². The molecular weight excluding hydrogens is 488 g/mol. The second-order valence-corrected chi connectivity index (χ2v) is 10.0. The highest BCUT2D eigenvalue weighted by Gasteiger charge is 2.17. The molecule has 0 spiro atoms. The van der Waals surface area contributed by atoms with Gasteiger partial charge >= 0.3 is 0 Å². The van der Waals surface area contributed by atoms with Crippen LogP contribution in [0.25, 0.3) is 66.1 Å². The molecule has 4 heteroatoms. The van der Waals surface area contributed by atoms with Gasteiger partial charge in [-0.15, -0.1) is 0 Å². The van der Waals surface area contributed by atoms with E-state index < -0.39 is 0 Å². The van der Waals surface area contributed by atoms with Crippen molar-refractivity contribution in [1.29, 1.82) is 5.26 Å². The van der Waals surface area contributed by atoms with E-state index in [1.807, 2.05) is 36.7 Å². The molecule has 0 aliphatic carbocycles. The van der Waals surface area contributed by atoms with Gasteiger partial charge in [-0.3, -0.25) is 4.98 Å². The monoisotopic (exact) mass is 510 g/mol. The van der Waals surface area contributed by atoms with E-state index >= 15 is 0 Å². The molecule has 4 nitrogen and oxygen atoms in total. The number of para-hydroxylation sites is 3. The van der Waals surface area contributed by atoms with Gasteiger partial charge in [-0.25, -0.2) is 0 Å². The third kappa shape index (κ3) is 3.22. The minimum absolute atomic E-state index is 0.650. The molecular formula is C36H22N4. The molecule has 0 aliphatic rings. The van der Waals surface area contributed by atoms with E-state index in [1.165, 1.54) is 16.2 Å². The smallest absolute Gasteiger partial charge is 0.0998 e. The molecule has 8 rings (SSSR count). The number of nitrogens with zero attached hydrogens (tertiary/aromatic N) is 4. The normalized spacial score (nSPS) is 11.5. The molecule has 0 bridgehead atoms. The van der Waals surface area contributed by atoms with Crippen LogP contribution in [0.3, 0.4) is 0 Å². The van der Waals surface area contributed by atoms with Gasteiger partial charge in [-0.05, 0) is 59.7 Å². The lowest BCUT2D eigenvalue weighted by Gasteiger charge is -2.16. The predicted octanol–water partition coefficient (Wildman–Crippen LogP) is 8.81. The fourth-order valence-electron chi connectivity index (χ4n) is 6.14. The van der Waals surface area contributed by atoms with Crippen LogP contribution in [0.4, 0.5) is 0 Å². The third-order valence-electron chi connectivity index (χ3n) is 7.83. The Balaban J connectivity index is 1.52. The molecule has 186 valence electrons. The third-order valence-corrected chi connectivity index (χ3v) is 7.83. The second kappa shape index (κ2) is 8.69. The number of pyridine rings is 1. The van der Waals surface area contributed by atoms with Crippen LogP contribution in [0.2, 0.25) is 0 Å². The summed E-state index contributed by atoms with van der Waals surface area (Å²) in [6.07, 6.45) is 3.79. The van der Waals surface area contributed by atoms with E-state index in [1.54, 1.807) is 0 Å². The van der Waals surface area contributed by atoms with Crippen molar-refractivity contribution in [3.8, 4) is 28.6 Å². The molecule has 0 radical (unpaired) electrons. The van der Waals surface area contributed by atoms with Crippen molar-refractivity contribution in [2.45, 2.75) is 0 Å². The Morgan fingerprint density at radius 1 is 0.525 bits per heavy atom. The first kappa shape index (κ1) is 22.3. The van der Waals surface area contributed by atoms with Gasteiger partial charge in [0.25, 0.3) is 0 Å². The summed E-state index contributed by atoms with van der Waals surface area (Å²) in [5, 5.41) is 14.7. The van der Waals surface area contributed by atoms with E-state index in [2.05, 4.69) is 117 Å². The summed E-state index contributed by atoms with van der Waals surface area (Å²) in [6, 6.07) is 44.5. The second-order valence-electron chi connectivity index (χ2n) is 10.0. The molecule has 8 aromatic rings. The van der Waals surface area contributed by atoms with E-state index in [-0.39, 0.29) is 0 Å². The van der Waals surface area contributed by atoms with Crippen LogP contribution in [0.15, 0.2) is 134 Å². The zero-order chi connectivity index (χ0) is 26.6. The molecule has 40 heavy (non-hydrogen) atoms. The lowest BCUT2D eigenvalue weighted by atomic mass is 9.99. The minimum Gasteiger partial charge on any atom is -0.309 e. The van der Waals surface area contributed by atoms with Gasteiger partial charge in [0.1, 0.15) is 0 Å². The van der Waals surface area contributed by atoms with Crippen LogP contribution in [-0.2, 0) is 0 Å². The lowest BCUT2D eigenvalue weighted by Crippen LogP contribution is -2.00. The topological polar surface area (TPSA) is 46.5 Å². The summed E-state index contributed by atoms with van der Waals surface area (Å²) in [7, 11) is 0. The fourth-order valence-corrected chi connectivity index (χ4v) is 6.14. The van der Waals surface area contributed by atoms with E-state index in [4.69, 9.17) is 0 Å². The summed E-state index contributed by atoms with van der Waals surface area (Å²) in [5.41, 5.74) is 9.04. The van der Waals surface area contributed by atoms with Crippen molar-refractivity contribution >= 4 is 43.6 Å². The minimum atomic E-state index is 0.650. The SMILES string of the molecule is N#Cc1ccccc1-c1cc(-n2c3ccccc3c3ccccc32)cc(-n2c3ccccc3c3ccncc32)c1. The summed E-state index contributed by atoms with van der Waals surface area (Å²) in [5.74, 6) is 0. The number of hydrogen-bond acceptors (Lipinski definition) is 2. The van der Waals surface area contributed by atoms with Gasteiger partial charge in [-0.1, -0.05) is 72.8 Å². The van der Waals surface area contributed by atoms with Crippen molar-refractivity contribution < 1.29 is 0 Å². The molecule has 0 aliphatic heterocycles. The Morgan fingerprint density at radius 2 is 1.02 bits per heavy atom. The number of rotatable bonds is 3. The average Bonchev–Trinajstić information content (AvgIpc) is 3.54. The molecule has 0 saturated heterocycles. The van der Waals surface area contributed by atoms with Gasteiger partial charge in [0.05, 0.1) is 39.9 Å². The lowest BCUT2D eigenvalue weighted by molar-refractivity contribution is 1.13. The van der Waals surface area contributed by atoms with Crippen molar-refractivity contribution in [3.63, 3.8) is 0 Å². The maximum absolute atomic E-state index is 9.98. The highest BCUT2D eigenvalue weighted by molar-refractivity contribution is 6.10. The number of fused-ring (bicyclic) bond motifs is 6. The molecule has 0 fully saturated rings. The standard InChI is InChI=1S/C36H22N4/c37-22-24-9-1-2-10-28(24)25-19-26(39-33-14-6-3-11-29(33)30-12-4-7-15-34(30)39)21-27(20-25)40-35-16-8-5-13-31(35)32-17-18-38-23-36(32)40/h1-21,23H. The van der Waals surface area contributed by atoms with Gasteiger partial charge < -0.3 is 9.13 Å². The number of benzene rings is 5. The Morgan fingerprint density at radius 3 is 1.62 bits per heavy atom. The molecule has 3 aromatic heterocycles. The maximum Gasteiger partial charge on any atom is 0.0998 e. The molecule has 0 unspecified atom stereocenters. The van der Waals surface area contributed by atoms with Gasteiger partial charge in [0.2, 0.25) is 0 Å². The summed E-state index contributed by atoms with van der Waals surface area (Å²) in [4.78, 5) is 4.49. The average molecular weight is 511 g/mol. The Kier molecular flexibility index (Phi) is 4.85. The van der Waals surface area contributed by atoms with Crippen molar-refractivity contribution in [3.05, 3.63) is 139 Å². The van der Waals surface area contributed by atoms with E-state index in [9.17, 15) is 5.26 Å². The maximum atomic E-state index is 9.98. The summed E-state index contributed by atoms with van der Waals surface area (Å²) in [6.45, 7) is 0. The Hall–Kier alpha value is -5.66. The van der Waals surface area contributed by atoms with Gasteiger partial charge in [0, 0.05) is 39.1 Å². The first-order valence-corrected chi connectivity index (χ1v) is 13.3. The largest absolute Gasteiger partial charge is 0.309 e. The van der Waals surface area contributed by atoms with E-state index in [0.29, 0.717) is 5.56 Å². The van der Waals surface area contributed by atoms with E-state index in [0.717, 1.165) is 50.0 Å². The van der Waals surface area contributed by atoms with Gasteiger partial charge in [-0.2, -0.15) is 5.26 Å². The molecule has 0 saturated carbocycles. The number of nitriles is 1. The first-order valence-electron chi connectivity index (χ1n) is 13.3. The molecule has 0 amide bonds. The predicted molar refractivity (Wildman–Crippen MR) is 163 cm³/mol.